The summed E-state index contributed by atoms with van der Waals surface area (Å²) in [6, 6.07) is 11.0. The van der Waals surface area contributed by atoms with Crippen molar-refractivity contribution < 1.29 is 18.3 Å². The molecule has 0 aliphatic rings. The lowest BCUT2D eigenvalue weighted by atomic mass is 10.2. The molecule has 0 radical (unpaired) electrons. The molecule has 0 aliphatic heterocycles. The summed E-state index contributed by atoms with van der Waals surface area (Å²) in [5.41, 5.74) is 0.634. The highest BCUT2D eigenvalue weighted by atomic mass is 35.5. The fourth-order valence-corrected chi connectivity index (χ4v) is 2.86. The van der Waals surface area contributed by atoms with Crippen LogP contribution in [0.3, 0.4) is 0 Å². The summed E-state index contributed by atoms with van der Waals surface area (Å²) in [6.07, 6.45) is 0. The van der Waals surface area contributed by atoms with Crippen molar-refractivity contribution in [3.63, 3.8) is 0 Å². The van der Waals surface area contributed by atoms with Crippen LogP contribution in [0.2, 0.25) is 10.0 Å². The van der Waals surface area contributed by atoms with Gasteiger partial charge in [-0.05, 0) is 24.3 Å². The van der Waals surface area contributed by atoms with Crippen LogP contribution in [0.1, 0.15) is 22.7 Å². The van der Waals surface area contributed by atoms with E-state index in [0.29, 0.717) is 5.52 Å². The largest absolute Gasteiger partial charge is 0.454 e. The SMILES string of the molecule is O=C(OCc1nc2ccccc2n1C(F)F)c1c(Cl)cccc1Cl. The van der Waals surface area contributed by atoms with E-state index in [1.165, 1.54) is 18.2 Å². The molecular formula is C16H10Cl2F2N2O2. The summed E-state index contributed by atoms with van der Waals surface area (Å²) in [4.78, 5) is 16.2. The molecule has 0 N–H and O–H groups in total. The van der Waals surface area contributed by atoms with Crippen LogP contribution in [0.25, 0.3) is 11.0 Å². The molecule has 0 saturated carbocycles. The highest BCUT2D eigenvalue weighted by Crippen LogP contribution is 2.27. The van der Waals surface area contributed by atoms with E-state index in [9.17, 15) is 13.6 Å². The fourth-order valence-electron chi connectivity index (χ4n) is 2.31. The lowest BCUT2D eigenvalue weighted by Gasteiger charge is -2.10. The van der Waals surface area contributed by atoms with Crippen LogP contribution in [-0.2, 0) is 11.3 Å². The summed E-state index contributed by atoms with van der Waals surface area (Å²) in [6.45, 7) is -3.24. The molecule has 3 rings (SSSR count). The minimum Gasteiger partial charge on any atom is -0.454 e. The summed E-state index contributed by atoms with van der Waals surface area (Å²) < 4.78 is 32.4. The van der Waals surface area contributed by atoms with E-state index >= 15 is 0 Å². The Balaban J connectivity index is 1.88. The number of para-hydroxylation sites is 2. The van der Waals surface area contributed by atoms with Crippen LogP contribution in [0.4, 0.5) is 8.78 Å². The minimum atomic E-state index is -2.81. The molecular weight excluding hydrogens is 361 g/mol. The molecule has 1 aromatic heterocycles. The number of halogens is 4. The van der Waals surface area contributed by atoms with Crippen molar-refractivity contribution in [3.8, 4) is 0 Å². The number of hydrogen-bond donors (Lipinski definition) is 0. The first kappa shape index (κ1) is 16.7. The standard InChI is InChI=1S/C16H10Cl2F2N2O2/c17-9-4-3-5-10(18)14(9)15(23)24-8-13-21-11-6-1-2-7-12(11)22(13)16(19)20/h1-7,16H,8H2. The summed E-state index contributed by atoms with van der Waals surface area (Å²) in [5.74, 6) is -0.874. The van der Waals surface area contributed by atoms with Crippen molar-refractivity contribution in [1.82, 2.24) is 9.55 Å². The number of ether oxygens (including phenoxy) is 1. The molecule has 3 aromatic rings. The molecule has 0 amide bonds. The van der Waals surface area contributed by atoms with Crippen LogP contribution < -0.4 is 0 Å². The van der Waals surface area contributed by atoms with Gasteiger partial charge < -0.3 is 4.74 Å². The van der Waals surface area contributed by atoms with Crippen LogP contribution >= 0.6 is 23.2 Å². The third-order valence-electron chi connectivity index (χ3n) is 3.36. The minimum absolute atomic E-state index is 0.0134. The predicted molar refractivity (Wildman–Crippen MR) is 86.6 cm³/mol. The number of hydrogen-bond acceptors (Lipinski definition) is 3. The number of nitrogens with zero attached hydrogens (tertiary/aromatic N) is 2. The maximum absolute atomic E-state index is 13.3. The Bertz CT molecular complexity index is 892. The van der Waals surface area contributed by atoms with Gasteiger partial charge in [0.25, 0.3) is 0 Å². The number of carbonyl (C=O) groups is 1. The number of esters is 1. The Morgan fingerprint density at radius 2 is 1.79 bits per heavy atom. The van der Waals surface area contributed by atoms with Crippen LogP contribution in [0.5, 0.6) is 0 Å². The number of carbonyl (C=O) groups excluding carboxylic acids is 1. The molecule has 0 atom stereocenters. The molecule has 24 heavy (non-hydrogen) atoms. The van der Waals surface area contributed by atoms with Gasteiger partial charge in [-0.1, -0.05) is 41.4 Å². The highest BCUT2D eigenvalue weighted by molar-refractivity contribution is 6.39. The number of alkyl halides is 2. The van der Waals surface area contributed by atoms with Gasteiger partial charge in [-0.3, -0.25) is 4.57 Å². The first-order chi connectivity index (χ1) is 11.5. The second-order valence-corrected chi connectivity index (χ2v) is 5.65. The quantitative estimate of drug-likeness (QED) is 0.600. The number of imidazole rings is 1. The van der Waals surface area contributed by atoms with E-state index in [2.05, 4.69) is 4.98 Å². The molecule has 1 heterocycles. The second kappa shape index (κ2) is 6.75. The summed E-state index contributed by atoms with van der Waals surface area (Å²) in [7, 11) is 0. The van der Waals surface area contributed by atoms with E-state index in [-0.39, 0.29) is 26.9 Å². The van der Waals surface area contributed by atoms with Gasteiger partial charge in [-0.25, -0.2) is 9.78 Å². The number of aromatic nitrogens is 2. The topological polar surface area (TPSA) is 44.1 Å². The first-order valence-corrected chi connectivity index (χ1v) is 7.59. The Kier molecular flexibility index (Phi) is 4.69. The van der Waals surface area contributed by atoms with Crippen molar-refractivity contribution in [2.24, 2.45) is 0 Å². The average Bonchev–Trinajstić information content (AvgIpc) is 2.91. The molecule has 124 valence electrons. The zero-order valence-corrected chi connectivity index (χ0v) is 13.6. The fraction of sp³-hybridized carbons (Fsp3) is 0.125. The molecule has 0 unspecified atom stereocenters. The lowest BCUT2D eigenvalue weighted by molar-refractivity contribution is 0.0388. The van der Waals surface area contributed by atoms with Crippen molar-refractivity contribution in [3.05, 3.63) is 63.9 Å². The van der Waals surface area contributed by atoms with Gasteiger partial charge in [0.2, 0.25) is 0 Å². The normalized spacial score (nSPS) is 11.2. The van der Waals surface area contributed by atoms with E-state index in [4.69, 9.17) is 27.9 Å². The molecule has 0 bridgehead atoms. The van der Waals surface area contributed by atoms with Gasteiger partial charge in [-0.15, -0.1) is 0 Å². The smallest absolute Gasteiger partial charge is 0.341 e. The predicted octanol–water partition coefficient (Wildman–Crippen LogP) is 5.10. The van der Waals surface area contributed by atoms with Gasteiger partial charge in [0, 0.05) is 0 Å². The number of benzene rings is 2. The Morgan fingerprint density at radius 1 is 1.12 bits per heavy atom. The Labute approximate surface area is 145 Å². The van der Waals surface area contributed by atoms with Gasteiger partial charge in [0.15, 0.2) is 5.82 Å². The van der Waals surface area contributed by atoms with Gasteiger partial charge in [0.1, 0.15) is 6.61 Å². The number of rotatable bonds is 4. The third kappa shape index (κ3) is 3.07. The summed E-state index contributed by atoms with van der Waals surface area (Å²) in [5, 5.41) is 0.240. The molecule has 8 heteroatoms. The Morgan fingerprint density at radius 3 is 2.46 bits per heavy atom. The van der Waals surface area contributed by atoms with Gasteiger partial charge >= 0.3 is 12.5 Å². The van der Waals surface area contributed by atoms with Crippen molar-refractivity contribution in [1.29, 1.82) is 0 Å². The average molecular weight is 371 g/mol. The van der Waals surface area contributed by atoms with E-state index < -0.39 is 19.1 Å². The maximum atomic E-state index is 13.3. The van der Waals surface area contributed by atoms with E-state index in [1.807, 2.05) is 0 Å². The molecule has 2 aromatic carbocycles. The van der Waals surface area contributed by atoms with Gasteiger partial charge in [0.05, 0.1) is 26.6 Å². The van der Waals surface area contributed by atoms with Crippen molar-refractivity contribution in [2.45, 2.75) is 13.2 Å². The lowest BCUT2D eigenvalue weighted by Crippen LogP contribution is -2.11. The second-order valence-electron chi connectivity index (χ2n) is 4.84. The molecule has 0 aliphatic carbocycles. The molecule has 0 saturated heterocycles. The molecule has 0 spiro atoms. The van der Waals surface area contributed by atoms with Gasteiger partial charge in [-0.2, -0.15) is 8.78 Å². The summed E-state index contributed by atoms with van der Waals surface area (Å²) >= 11 is 11.9. The van der Waals surface area contributed by atoms with Crippen LogP contribution in [-0.4, -0.2) is 15.5 Å². The molecule has 4 nitrogen and oxygen atoms in total. The van der Waals surface area contributed by atoms with E-state index in [0.717, 1.165) is 4.57 Å². The monoisotopic (exact) mass is 370 g/mol. The first-order valence-electron chi connectivity index (χ1n) is 6.84. The van der Waals surface area contributed by atoms with Crippen molar-refractivity contribution >= 4 is 40.2 Å². The zero-order valence-electron chi connectivity index (χ0n) is 12.0. The van der Waals surface area contributed by atoms with E-state index in [1.54, 1.807) is 24.3 Å². The number of fused-ring (bicyclic) bond motifs is 1. The van der Waals surface area contributed by atoms with Crippen LogP contribution in [0.15, 0.2) is 42.5 Å². The zero-order chi connectivity index (χ0) is 17.3. The van der Waals surface area contributed by atoms with Crippen molar-refractivity contribution in [2.75, 3.05) is 0 Å². The molecule has 0 fully saturated rings. The van der Waals surface area contributed by atoms with Crippen LogP contribution in [0, 0.1) is 0 Å². The maximum Gasteiger partial charge on any atom is 0.341 e. The Hall–Kier alpha value is -2.18. The third-order valence-corrected chi connectivity index (χ3v) is 3.99. The highest BCUT2D eigenvalue weighted by Gasteiger charge is 2.21.